The number of hydrazine groups is 1. The fourth-order valence-electron chi connectivity index (χ4n) is 1.59. The average molecular weight is 392 g/mol. The summed E-state index contributed by atoms with van der Waals surface area (Å²) in [5, 5.41) is 0.590. The molecular weight excluding hydrogens is 380 g/mol. The summed E-state index contributed by atoms with van der Waals surface area (Å²) in [4.78, 5) is 3.88. The molecule has 9 heteroatoms. The van der Waals surface area contributed by atoms with Gasteiger partial charge in [-0.05, 0) is 39.7 Å². The number of halogens is 2. The summed E-state index contributed by atoms with van der Waals surface area (Å²) >= 11 is 8.96. The molecule has 2 aromatic rings. The molecule has 1 aromatic heterocycles. The van der Waals surface area contributed by atoms with Crippen LogP contribution in [0.3, 0.4) is 0 Å². The summed E-state index contributed by atoms with van der Waals surface area (Å²) in [7, 11) is -3.75. The molecule has 0 amide bonds. The largest absolute Gasteiger partial charge is 0.307 e. The van der Waals surface area contributed by atoms with E-state index in [-0.39, 0.29) is 17.3 Å². The first-order valence-corrected chi connectivity index (χ1v) is 8.44. The Morgan fingerprint density at radius 2 is 1.95 bits per heavy atom. The van der Waals surface area contributed by atoms with Crippen LogP contribution in [0.25, 0.3) is 0 Å². The fraction of sp³-hybridized carbons (Fsp3) is 0.0833. The van der Waals surface area contributed by atoms with E-state index >= 15 is 0 Å². The van der Waals surface area contributed by atoms with Gasteiger partial charge in [-0.15, -0.1) is 0 Å². The van der Waals surface area contributed by atoms with Crippen LogP contribution in [0.4, 0.5) is 5.82 Å². The number of sulfonamides is 1. The summed E-state index contributed by atoms with van der Waals surface area (Å²) in [6.07, 6.45) is 1.45. The van der Waals surface area contributed by atoms with Gasteiger partial charge in [0.05, 0.1) is 0 Å². The van der Waals surface area contributed by atoms with Gasteiger partial charge in [0, 0.05) is 22.2 Å². The molecule has 4 N–H and O–H groups in total. The Kier molecular flexibility index (Phi) is 5.17. The zero-order chi connectivity index (χ0) is 15.5. The van der Waals surface area contributed by atoms with E-state index in [0.717, 1.165) is 5.56 Å². The lowest BCUT2D eigenvalue weighted by atomic mass is 10.2. The van der Waals surface area contributed by atoms with Crippen LogP contribution < -0.4 is 16.0 Å². The molecule has 112 valence electrons. The van der Waals surface area contributed by atoms with Crippen LogP contribution >= 0.6 is 27.5 Å². The SMILES string of the molecule is NNc1ncc(Br)cc1S(=O)(=O)NCc1ccc(Cl)cc1. The number of benzene rings is 1. The molecule has 0 fully saturated rings. The number of rotatable bonds is 5. The summed E-state index contributed by atoms with van der Waals surface area (Å²) in [6, 6.07) is 8.29. The molecule has 0 saturated heterocycles. The number of hydrogen-bond donors (Lipinski definition) is 3. The monoisotopic (exact) mass is 390 g/mol. The maximum Gasteiger partial charge on any atom is 0.244 e. The van der Waals surface area contributed by atoms with Crippen molar-refractivity contribution in [3.63, 3.8) is 0 Å². The number of hydrogen-bond acceptors (Lipinski definition) is 5. The van der Waals surface area contributed by atoms with E-state index < -0.39 is 10.0 Å². The first-order valence-electron chi connectivity index (χ1n) is 5.78. The predicted octanol–water partition coefficient (Wildman–Crippen LogP) is 2.26. The molecule has 0 aliphatic rings. The van der Waals surface area contributed by atoms with E-state index in [1.807, 2.05) is 0 Å². The van der Waals surface area contributed by atoms with Crippen molar-refractivity contribution >= 4 is 43.4 Å². The molecule has 0 saturated carbocycles. The Morgan fingerprint density at radius 1 is 1.29 bits per heavy atom. The van der Waals surface area contributed by atoms with Gasteiger partial charge in [-0.3, -0.25) is 0 Å². The fourth-order valence-corrected chi connectivity index (χ4v) is 3.36. The van der Waals surface area contributed by atoms with E-state index in [1.165, 1.54) is 12.3 Å². The van der Waals surface area contributed by atoms with Gasteiger partial charge < -0.3 is 5.43 Å². The van der Waals surface area contributed by atoms with Crippen molar-refractivity contribution in [2.24, 2.45) is 5.84 Å². The van der Waals surface area contributed by atoms with Crippen LogP contribution in [0.2, 0.25) is 5.02 Å². The van der Waals surface area contributed by atoms with E-state index in [4.69, 9.17) is 17.4 Å². The van der Waals surface area contributed by atoms with Crippen molar-refractivity contribution < 1.29 is 8.42 Å². The number of nitrogens with zero attached hydrogens (tertiary/aromatic N) is 1. The topological polar surface area (TPSA) is 97.1 Å². The first kappa shape index (κ1) is 16.2. The Morgan fingerprint density at radius 3 is 2.57 bits per heavy atom. The summed E-state index contributed by atoms with van der Waals surface area (Å²) in [5.41, 5.74) is 3.05. The molecule has 2 rings (SSSR count). The number of nitrogen functional groups attached to an aromatic ring is 1. The van der Waals surface area contributed by atoms with Crippen LogP contribution in [0.1, 0.15) is 5.56 Å². The number of anilines is 1. The highest BCUT2D eigenvalue weighted by Gasteiger charge is 2.19. The molecule has 0 unspecified atom stereocenters. The normalized spacial score (nSPS) is 11.4. The van der Waals surface area contributed by atoms with Crippen molar-refractivity contribution in [3.05, 3.63) is 51.6 Å². The molecule has 0 atom stereocenters. The minimum Gasteiger partial charge on any atom is -0.307 e. The van der Waals surface area contributed by atoms with E-state index in [9.17, 15) is 8.42 Å². The number of nitrogens with one attached hydrogen (secondary N) is 2. The van der Waals surface area contributed by atoms with Crippen LogP contribution in [0.5, 0.6) is 0 Å². The average Bonchev–Trinajstić information content (AvgIpc) is 2.47. The Balaban J connectivity index is 2.22. The maximum absolute atomic E-state index is 12.3. The number of aromatic nitrogens is 1. The van der Waals surface area contributed by atoms with E-state index in [1.54, 1.807) is 24.3 Å². The predicted molar refractivity (Wildman–Crippen MR) is 85.2 cm³/mol. The zero-order valence-electron chi connectivity index (χ0n) is 10.7. The third kappa shape index (κ3) is 4.14. The van der Waals surface area contributed by atoms with Gasteiger partial charge in [0.25, 0.3) is 0 Å². The Bertz CT molecular complexity index is 737. The molecule has 1 aromatic carbocycles. The van der Waals surface area contributed by atoms with E-state index in [0.29, 0.717) is 9.50 Å². The molecule has 21 heavy (non-hydrogen) atoms. The number of pyridine rings is 1. The molecule has 0 aliphatic heterocycles. The van der Waals surface area contributed by atoms with Crippen LogP contribution in [-0.2, 0) is 16.6 Å². The lowest BCUT2D eigenvalue weighted by Crippen LogP contribution is -2.25. The Hall–Kier alpha value is -1.19. The highest BCUT2D eigenvalue weighted by Crippen LogP contribution is 2.22. The minimum atomic E-state index is -3.75. The van der Waals surface area contributed by atoms with Gasteiger partial charge in [0.15, 0.2) is 5.82 Å². The summed E-state index contributed by atoms with van der Waals surface area (Å²) in [5.74, 6) is 5.36. The quantitative estimate of drug-likeness (QED) is 0.536. The Labute approximate surface area is 135 Å². The van der Waals surface area contributed by atoms with Crippen LogP contribution in [0, 0.1) is 0 Å². The minimum absolute atomic E-state index is 0.0339. The van der Waals surface area contributed by atoms with E-state index in [2.05, 4.69) is 31.1 Å². The number of nitrogens with two attached hydrogens (primary N) is 1. The van der Waals surface area contributed by atoms with Gasteiger partial charge in [-0.1, -0.05) is 23.7 Å². The van der Waals surface area contributed by atoms with Gasteiger partial charge in [-0.25, -0.2) is 24.0 Å². The highest BCUT2D eigenvalue weighted by molar-refractivity contribution is 9.10. The molecule has 6 nitrogen and oxygen atoms in total. The van der Waals surface area contributed by atoms with Crippen molar-refractivity contribution in [2.75, 3.05) is 5.43 Å². The first-order chi connectivity index (χ1) is 9.92. The van der Waals surface area contributed by atoms with Crippen LogP contribution in [0.15, 0.2) is 45.9 Å². The molecule has 0 radical (unpaired) electrons. The summed E-state index contributed by atoms with van der Waals surface area (Å²) in [6.45, 7) is 0.135. The second-order valence-corrected chi connectivity index (χ2v) is 7.18. The lowest BCUT2D eigenvalue weighted by Gasteiger charge is -2.10. The summed E-state index contributed by atoms with van der Waals surface area (Å²) < 4.78 is 27.6. The molecule has 0 spiro atoms. The third-order valence-corrected chi connectivity index (χ3v) is 4.73. The van der Waals surface area contributed by atoms with Crippen molar-refractivity contribution in [3.8, 4) is 0 Å². The van der Waals surface area contributed by atoms with Gasteiger partial charge in [0.2, 0.25) is 10.0 Å². The second kappa shape index (κ2) is 6.71. The standard InChI is InChI=1S/C12H12BrClN4O2S/c13-9-5-11(12(18-15)16-7-9)21(19,20)17-6-8-1-3-10(14)4-2-8/h1-5,7,17H,6,15H2,(H,16,18). The molecule has 1 heterocycles. The maximum atomic E-state index is 12.3. The van der Waals surface area contributed by atoms with Crippen molar-refractivity contribution in [2.45, 2.75) is 11.4 Å². The van der Waals surface area contributed by atoms with Gasteiger partial charge in [-0.2, -0.15) is 0 Å². The van der Waals surface area contributed by atoms with Gasteiger partial charge in [0.1, 0.15) is 4.90 Å². The third-order valence-electron chi connectivity index (χ3n) is 2.63. The zero-order valence-corrected chi connectivity index (χ0v) is 13.8. The van der Waals surface area contributed by atoms with Crippen molar-refractivity contribution in [1.82, 2.24) is 9.71 Å². The highest BCUT2D eigenvalue weighted by atomic mass is 79.9. The molecule has 0 bridgehead atoms. The molecule has 0 aliphatic carbocycles. The van der Waals surface area contributed by atoms with Gasteiger partial charge >= 0.3 is 0 Å². The smallest absolute Gasteiger partial charge is 0.244 e. The molecular formula is C12H12BrClN4O2S. The van der Waals surface area contributed by atoms with Crippen molar-refractivity contribution in [1.29, 1.82) is 0 Å². The van der Waals surface area contributed by atoms with Crippen LogP contribution in [-0.4, -0.2) is 13.4 Å². The second-order valence-electron chi connectivity index (χ2n) is 4.10. The lowest BCUT2D eigenvalue weighted by molar-refractivity contribution is 0.581.